The van der Waals surface area contributed by atoms with Gasteiger partial charge in [-0.1, -0.05) is 51.1 Å². The van der Waals surface area contributed by atoms with E-state index in [1.807, 2.05) is 41.4 Å². The van der Waals surface area contributed by atoms with Crippen LogP contribution in [0.25, 0.3) is 10.9 Å². The minimum Gasteiger partial charge on any atom is -0.361 e. The van der Waals surface area contributed by atoms with Crippen molar-refractivity contribution in [1.82, 2.24) is 19.5 Å². The molecule has 1 aliphatic rings. The topological polar surface area (TPSA) is 85.5 Å². The fourth-order valence-electron chi connectivity index (χ4n) is 4.34. The Morgan fingerprint density at radius 3 is 2.35 bits per heavy atom. The summed E-state index contributed by atoms with van der Waals surface area (Å²) in [6.07, 6.45) is 2.75. The quantitative estimate of drug-likeness (QED) is 0.542. The molecule has 4 rings (SSSR count). The van der Waals surface area contributed by atoms with Crippen LogP contribution in [-0.2, 0) is 26.7 Å². The van der Waals surface area contributed by atoms with Crippen molar-refractivity contribution < 1.29 is 13.2 Å². The molecule has 0 radical (unpaired) electrons. The Morgan fingerprint density at radius 1 is 1.00 bits per heavy atom. The number of aromatic amines is 1. The summed E-state index contributed by atoms with van der Waals surface area (Å²) in [5, 5.41) is 4.17. The maximum absolute atomic E-state index is 13.0. The monoisotopic (exact) mass is 482 g/mol. The molecule has 1 amide bonds. The number of hydrogen-bond acceptors (Lipinski definition) is 4. The van der Waals surface area contributed by atoms with Crippen LogP contribution in [0.4, 0.5) is 0 Å². The Kier molecular flexibility index (Phi) is 7.12. The number of benzene rings is 2. The number of rotatable bonds is 7. The Bertz CT molecular complexity index is 1240. The molecule has 1 saturated heterocycles. The zero-order valence-corrected chi connectivity index (χ0v) is 21.0. The molecular formula is C26H34N4O3S. The molecule has 0 unspecified atom stereocenters. The molecule has 3 aromatic rings. The van der Waals surface area contributed by atoms with E-state index in [4.69, 9.17) is 0 Å². The van der Waals surface area contributed by atoms with Crippen molar-refractivity contribution in [3.05, 3.63) is 65.9 Å². The van der Waals surface area contributed by atoms with Gasteiger partial charge in [0.1, 0.15) is 0 Å². The summed E-state index contributed by atoms with van der Waals surface area (Å²) in [6.45, 7) is 9.00. The fourth-order valence-corrected chi connectivity index (χ4v) is 5.76. The third-order valence-electron chi connectivity index (χ3n) is 6.45. The second-order valence-electron chi connectivity index (χ2n) is 9.91. The van der Waals surface area contributed by atoms with E-state index < -0.39 is 10.0 Å². The zero-order chi connectivity index (χ0) is 24.3. The van der Waals surface area contributed by atoms with Gasteiger partial charge in [0, 0.05) is 49.8 Å². The van der Waals surface area contributed by atoms with Gasteiger partial charge in [0.2, 0.25) is 15.9 Å². The van der Waals surface area contributed by atoms with Crippen molar-refractivity contribution in [3.63, 3.8) is 0 Å². The Labute approximate surface area is 202 Å². The Hall–Kier alpha value is -2.68. The summed E-state index contributed by atoms with van der Waals surface area (Å²) in [5.41, 5.74) is 3.36. The number of amides is 1. The highest BCUT2D eigenvalue weighted by molar-refractivity contribution is 7.89. The van der Waals surface area contributed by atoms with Gasteiger partial charge in [-0.15, -0.1) is 0 Å². The first-order valence-corrected chi connectivity index (χ1v) is 13.2. The largest absolute Gasteiger partial charge is 0.361 e. The van der Waals surface area contributed by atoms with E-state index in [1.54, 1.807) is 12.1 Å². The average Bonchev–Trinajstić information content (AvgIpc) is 3.22. The Balaban J connectivity index is 1.24. The van der Waals surface area contributed by atoms with Gasteiger partial charge in [0.15, 0.2) is 0 Å². The molecule has 1 fully saturated rings. The van der Waals surface area contributed by atoms with Gasteiger partial charge in [-0.05, 0) is 41.2 Å². The molecule has 0 bridgehead atoms. The number of aromatic nitrogens is 1. The number of carbonyl (C=O) groups excluding carboxylic acids is 1. The van der Waals surface area contributed by atoms with Crippen LogP contribution in [0, 0.1) is 0 Å². The van der Waals surface area contributed by atoms with Crippen LogP contribution >= 0.6 is 0 Å². The smallest absolute Gasteiger partial charge is 0.243 e. The lowest BCUT2D eigenvalue weighted by atomic mass is 9.87. The maximum atomic E-state index is 13.0. The van der Waals surface area contributed by atoms with Crippen LogP contribution in [0.15, 0.2) is 59.6 Å². The maximum Gasteiger partial charge on any atom is 0.243 e. The number of para-hydroxylation sites is 1. The molecule has 2 heterocycles. The Morgan fingerprint density at radius 2 is 1.68 bits per heavy atom. The number of fused-ring (bicyclic) bond motifs is 1. The first kappa shape index (κ1) is 24.4. The van der Waals surface area contributed by atoms with Gasteiger partial charge in [0.25, 0.3) is 0 Å². The average molecular weight is 483 g/mol. The van der Waals surface area contributed by atoms with Gasteiger partial charge >= 0.3 is 0 Å². The van der Waals surface area contributed by atoms with Crippen molar-refractivity contribution in [2.24, 2.45) is 0 Å². The van der Waals surface area contributed by atoms with Gasteiger partial charge in [-0.2, -0.15) is 4.31 Å². The minimum absolute atomic E-state index is 0.0239. The number of nitrogens with zero attached hydrogens (tertiary/aromatic N) is 2. The van der Waals surface area contributed by atoms with Crippen LogP contribution in [0.2, 0.25) is 0 Å². The summed E-state index contributed by atoms with van der Waals surface area (Å²) in [7, 11) is -3.53. The van der Waals surface area contributed by atoms with E-state index in [2.05, 4.69) is 37.1 Å². The highest BCUT2D eigenvalue weighted by atomic mass is 32.2. The molecule has 0 aliphatic carbocycles. The summed E-state index contributed by atoms with van der Waals surface area (Å²) < 4.78 is 27.6. The molecule has 2 N–H and O–H groups in total. The summed E-state index contributed by atoms with van der Waals surface area (Å²) in [4.78, 5) is 18.0. The van der Waals surface area contributed by atoms with Crippen LogP contribution in [0.3, 0.4) is 0 Å². The van der Waals surface area contributed by atoms with Gasteiger partial charge in [-0.3, -0.25) is 9.69 Å². The lowest BCUT2D eigenvalue weighted by Crippen LogP contribution is -2.51. The molecule has 1 aliphatic heterocycles. The number of sulfonamides is 1. The van der Waals surface area contributed by atoms with Gasteiger partial charge in [-0.25, -0.2) is 8.42 Å². The highest BCUT2D eigenvalue weighted by Crippen LogP contribution is 2.25. The molecule has 34 heavy (non-hydrogen) atoms. The predicted octanol–water partition coefficient (Wildman–Crippen LogP) is 3.13. The van der Waals surface area contributed by atoms with Crippen molar-refractivity contribution >= 4 is 26.8 Å². The van der Waals surface area contributed by atoms with Crippen LogP contribution in [-0.4, -0.2) is 67.8 Å². The summed E-state index contributed by atoms with van der Waals surface area (Å²) in [5.74, 6) is -0.0334. The second kappa shape index (κ2) is 9.90. The lowest BCUT2D eigenvalue weighted by Gasteiger charge is -2.33. The van der Waals surface area contributed by atoms with Gasteiger partial charge < -0.3 is 10.3 Å². The molecule has 7 nitrogen and oxygen atoms in total. The third-order valence-corrected chi connectivity index (χ3v) is 8.36. The van der Waals surface area contributed by atoms with E-state index in [0.29, 0.717) is 37.6 Å². The van der Waals surface area contributed by atoms with E-state index in [-0.39, 0.29) is 17.9 Å². The van der Waals surface area contributed by atoms with Crippen molar-refractivity contribution in [1.29, 1.82) is 0 Å². The van der Waals surface area contributed by atoms with Crippen LogP contribution < -0.4 is 5.32 Å². The number of H-pyrrole nitrogens is 1. The SMILES string of the molecule is CC(C)(C)c1ccc(S(=O)(=O)N2CCN(CC(=O)NCCc3c[nH]c4ccccc34)CC2)cc1. The van der Waals surface area contributed by atoms with Crippen LogP contribution in [0.1, 0.15) is 31.9 Å². The fraction of sp³-hybridized carbons (Fsp3) is 0.423. The minimum atomic E-state index is -3.53. The van der Waals surface area contributed by atoms with Crippen molar-refractivity contribution in [3.8, 4) is 0 Å². The van der Waals surface area contributed by atoms with Crippen molar-refractivity contribution in [2.75, 3.05) is 39.3 Å². The highest BCUT2D eigenvalue weighted by Gasteiger charge is 2.29. The first-order valence-electron chi connectivity index (χ1n) is 11.8. The van der Waals surface area contributed by atoms with Gasteiger partial charge in [0.05, 0.1) is 11.4 Å². The summed E-state index contributed by atoms with van der Waals surface area (Å²) >= 11 is 0. The molecule has 0 spiro atoms. The second-order valence-corrected chi connectivity index (χ2v) is 11.9. The molecule has 8 heteroatoms. The number of hydrogen-bond donors (Lipinski definition) is 2. The number of nitrogens with one attached hydrogen (secondary N) is 2. The van der Waals surface area contributed by atoms with Crippen molar-refractivity contribution in [2.45, 2.75) is 37.5 Å². The van der Waals surface area contributed by atoms with Crippen LogP contribution in [0.5, 0.6) is 0 Å². The molecule has 0 atom stereocenters. The molecule has 182 valence electrons. The number of carbonyl (C=O) groups is 1. The third kappa shape index (κ3) is 5.51. The lowest BCUT2D eigenvalue weighted by molar-refractivity contribution is -0.122. The van der Waals surface area contributed by atoms with E-state index in [9.17, 15) is 13.2 Å². The molecular weight excluding hydrogens is 448 g/mol. The summed E-state index contributed by atoms with van der Waals surface area (Å²) in [6, 6.07) is 15.3. The number of piperazine rings is 1. The zero-order valence-electron chi connectivity index (χ0n) is 20.2. The standard InChI is InChI=1S/C26H34N4O3S/c1-26(2,3)21-8-10-22(11-9-21)34(32,33)30-16-14-29(15-17-30)19-25(31)27-13-12-20-18-28-24-7-5-4-6-23(20)24/h4-11,18,28H,12-17,19H2,1-3H3,(H,27,31). The normalized spacial score (nSPS) is 16.1. The molecule has 1 aromatic heterocycles. The molecule has 0 saturated carbocycles. The predicted molar refractivity (Wildman–Crippen MR) is 135 cm³/mol. The molecule has 2 aromatic carbocycles. The first-order chi connectivity index (χ1) is 16.1. The van der Waals surface area contributed by atoms with E-state index in [1.165, 1.54) is 15.3 Å². The van der Waals surface area contributed by atoms with E-state index >= 15 is 0 Å². The van der Waals surface area contributed by atoms with E-state index in [0.717, 1.165) is 17.5 Å².